The molecular formula is C14H15ClN2OS. The summed E-state index contributed by atoms with van der Waals surface area (Å²) in [6.07, 6.45) is 0.836. The number of amides is 1. The van der Waals surface area contributed by atoms with Gasteiger partial charge < -0.3 is 5.32 Å². The van der Waals surface area contributed by atoms with Crippen LogP contribution in [0.3, 0.4) is 0 Å². The highest BCUT2D eigenvalue weighted by molar-refractivity contribution is 7.13. The highest BCUT2D eigenvalue weighted by Crippen LogP contribution is 2.19. The molecule has 100 valence electrons. The number of halogens is 1. The van der Waals surface area contributed by atoms with Gasteiger partial charge in [0.15, 0.2) is 0 Å². The lowest BCUT2D eigenvalue weighted by Crippen LogP contribution is -2.11. The van der Waals surface area contributed by atoms with Gasteiger partial charge >= 0.3 is 0 Å². The summed E-state index contributed by atoms with van der Waals surface area (Å²) in [5, 5.41) is 3.78. The molecule has 19 heavy (non-hydrogen) atoms. The number of nitrogens with zero attached hydrogens (tertiary/aromatic N) is 1. The summed E-state index contributed by atoms with van der Waals surface area (Å²) >= 11 is 7.10. The first-order chi connectivity index (χ1) is 9.10. The zero-order valence-electron chi connectivity index (χ0n) is 10.9. The molecule has 1 amide bonds. The van der Waals surface area contributed by atoms with E-state index in [9.17, 15) is 4.79 Å². The third-order valence-corrected chi connectivity index (χ3v) is 3.97. The van der Waals surface area contributed by atoms with Crippen LogP contribution in [0, 0.1) is 13.8 Å². The average Bonchev–Trinajstić information content (AvgIpc) is 2.71. The Labute approximate surface area is 121 Å². The van der Waals surface area contributed by atoms with Gasteiger partial charge in [0.05, 0.1) is 10.7 Å². The van der Waals surface area contributed by atoms with Crippen LogP contribution in [-0.4, -0.2) is 16.8 Å². The maximum Gasteiger partial charge on any atom is 0.267 e. The largest absolute Gasteiger partial charge is 0.321 e. The number of hydrogen-bond acceptors (Lipinski definition) is 3. The van der Waals surface area contributed by atoms with Crippen LogP contribution in [0.2, 0.25) is 0 Å². The quantitative estimate of drug-likeness (QED) is 0.872. The van der Waals surface area contributed by atoms with Crippen molar-refractivity contribution in [3.05, 3.63) is 45.4 Å². The zero-order valence-corrected chi connectivity index (χ0v) is 12.4. The molecule has 0 aliphatic rings. The molecule has 0 atom stereocenters. The summed E-state index contributed by atoms with van der Waals surface area (Å²) in [6.45, 7) is 3.75. The van der Waals surface area contributed by atoms with Crippen LogP contribution < -0.4 is 5.32 Å². The van der Waals surface area contributed by atoms with Crippen LogP contribution in [0.4, 0.5) is 5.69 Å². The van der Waals surface area contributed by atoms with Gasteiger partial charge in [0.25, 0.3) is 5.91 Å². The molecule has 1 aromatic carbocycles. The Bertz CT molecular complexity index is 578. The molecule has 2 rings (SSSR count). The van der Waals surface area contributed by atoms with Crippen LogP contribution in [0.5, 0.6) is 0 Å². The van der Waals surface area contributed by atoms with Crippen molar-refractivity contribution < 1.29 is 4.79 Å². The Hall–Kier alpha value is -1.39. The zero-order chi connectivity index (χ0) is 13.8. The van der Waals surface area contributed by atoms with Gasteiger partial charge in [-0.1, -0.05) is 12.1 Å². The van der Waals surface area contributed by atoms with Gasteiger partial charge in [0.2, 0.25) is 0 Å². The molecule has 1 aromatic heterocycles. The molecule has 0 fully saturated rings. The van der Waals surface area contributed by atoms with Crippen molar-refractivity contribution in [2.45, 2.75) is 20.3 Å². The molecule has 1 heterocycles. The molecule has 0 aliphatic heterocycles. The Morgan fingerprint density at radius 1 is 1.32 bits per heavy atom. The number of thiazole rings is 1. The van der Waals surface area contributed by atoms with Crippen molar-refractivity contribution in [3.8, 4) is 0 Å². The van der Waals surface area contributed by atoms with Crippen LogP contribution in [0.25, 0.3) is 0 Å². The van der Waals surface area contributed by atoms with Crippen molar-refractivity contribution in [2.24, 2.45) is 0 Å². The van der Waals surface area contributed by atoms with Gasteiger partial charge in [0.1, 0.15) is 4.88 Å². The summed E-state index contributed by atoms with van der Waals surface area (Å²) in [7, 11) is 0. The van der Waals surface area contributed by atoms with E-state index in [4.69, 9.17) is 11.6 Å². The van der Waals surface area contributed by atoms with Gasteiger partial charge in [-0.15, -0.1) is 22.9 Å². The summed E-state index contributed by atoms with van der Waals surface area (Å²) in [6, 6.07) is 7.73. The van der Waals surface area contributed by atoms with Crippen molar-refractivity contribution >= 4 is 34.5 Å². The second-order valence-electron chi connectivity index (χ2n) is 4.24. The fraction of sp³-hybridized carbons (Fsp3) is 0.286. The molecule has 0 unspecified atom stereocenters. The molecule has 0 bridgehead atoms. The monoisotopic (exact) mass is 294 g/mol. The molecule has 3 nitrogen and oxygen atoms in total. The molecule has 0 aliphatic carbocycles. The lowest BCUT2D eigenvalue weighted by molar-refractivity contribution is 0.103. The third-order valence-electron chi connectivity index (χ3n) is 2.70. The lowest BCUT2D eigenvalue weighted by Gasteiger charge is -2.05. The third kappa shape index (κ3) is 3.55. The average molecular weight is 295 g/mol. The second kappa shape index (κ2) is 6.17. The highest BCUT2D eigenvalue weighted by atomic mass is 35.5. The summed E-state index contributed by atoms with van der Waals surface area (Å²) in [5.74, 6) is 0.499. The number of nitrogens with one attached hydrogen (secondary N) is 1. The maximum absolute atomic E-state index is 12.1. The van der Waals surface area contributed by atoms with Gasteiger partial charge in [-0.05, 0) is 38.0 Å². The molecule has 5 heteroatoms. The van der Waals surface area contributed by atoms with Crippen LogP contribution in [0.15, 0.2) is 24.3 Å². The predicted octanol–water partition coefficient (Wildman–Crippen LogP) is 3.79. The Morgan fingerprint density at radius 2 is 2.00 bits per heavy atom. The van der Waals surface area contributed by atoms with E-state index in [0.717, 1.165) is 28.4 Å². The molecular weight excluding hydrogens is 280 g/mol. The fourth-order valence-electron chi connectivity index (χ4n) is 1.79. The first-order valence-electron chi connectivity index (χ1n) is 6.00. The molecule has 0 radical (unpaired) electrons. The fourth-order valence-corrected chi connectivity index (χ4v) is 2.83. The number of hydrogen-bond donors (Lipinski definition) is 1. The van der Waals surface area contributed by atoms with Crippen LogP contribution >= 0.6 is 22.9 Å². The van der Waals surface area contributed by atoms with E-state index in [2.05, 4.69) is 10.3 Å². The minimum Gasteiger partial charge on any atom is -0.321 e. The number of aromatic nitrogens is 1. The highest BCUT2D eigenvalue weighted by Gasteiger charge is 2.13. The first kappa shape index (κ1) is 14.0. The van der Waals surface area contributed by atoms with E-state index < -0.39 is 0 Å². The van der Waals surface area contributed by atoms with E-state index >= 15 is 0 Å². The smallest absolute Gasteiger partial charge is 0.267 e. The van der Waals surface area contributed by atoms with E-state index in [1.807, 2.05) is 38.1 Å². The minimum absolute atomic E-state index is 0.104. The van der Waals surface area contributed by atoms with E-state index in [1.54, 1.807) is 0 Å². The standard InChI is InChI=1S/C14H15ClN2OS/c1-9-13(19-10(2)16-9)14(18)17-12-5-3-11(4-6-12)7-8-15/h3-6H,7-8H2,1-2H3,(H,17,18). The molecule has 0 saturated heterocycles. The number of alkyl halides is 1. The van der Waals surface area contributed by atoms with Crippen LogP contribution in [0.1, 0.15) is 25.9 Å². The Kier molecular flexibility index (Phi) is 4.56. The summed E-state index contributed by atoms with van der Waals surface area (Å²) in [4.78, 5) is 17.0. The number of aryl methyl sites for hydroxylation is 3. The van der Waals surface area contributed by atoms with Crippen LogP contribution in [-0.2, 0) is 6.42 Å². The van der Waals surface area contributed by atoms with Crippen molar-refractivity contribution in [3.63, 3.8) is 0 Å². The summed E-state index contributed by atoms with van der Waals surface area (Å²) < 4.78 is 0. The number of benzene rings is 1. The lowest BCUT2D eigenvalue weighted by atomic mass is 10.1. The normalized spacial score (nSPS) is 10.5. The molecule has 1 N–H and O–H groups in total. The number of carbonyl (C=O) groups excluding carboxylic acids is 1. The topological polar surface area (TPSA) is 42.0 Å². The second-order valence-corrected chi connectivity index (χ2v) is 5.82. The predicted molar refractivity (Wildman–Crippen MR) is 80.4 cm³/mol. The SMILES string of the molecule is Cc1nc(C)c(C(=O)Nc2ccc(CCCl)cc2)s1. The van der Waals surface area contributed by atoms with Crippen molar-refractivity contribution in [2.75, 3.05) is 11.2 Å². The number of rotatable bonds is 4. The number of anilines is 1. The van der Waals surface area contributed by atoms with Crippen molar-refractivity contribution in [1.82, 2.24) is 4.98 Å². The van der Waals surface area contributed by atoms with Gasteiger partial charge in [-0.25, -0.2) is 4.98 Å². The Morgan fingerprint density at radius 3 is 2.53 bits per heavy atom. The molecule has 2 aromatic rings. The summed E-state index contributed by atoms with van der Waals surface area (Å²) in [5.41, 5.74) is 2.73. The van der Waals surface area contributed by atoms with Gasteiger partial charge in [-0.2, -0.15) is 0 Å². The van der Waals surface area contributed by atoms with Gasteiger partial charge in [0, 0.05) is 11.6 Å². The molecule has 0 saturated carbocycles. The first-order valence-corrected chi connectivity index (χ1v) is 7.35. The van der Waals surface area contributed by atoms with E-state index in [-0.39, 0.29) is 5.91 Å². The number of carbonyl (C=O) groups is 1. The maximum atomic E-state index is 12.1. The molecule has 0 spiro atoms. The van der Waals surface area contributed by atoms with Gasteiger partial charge in [-0.3, -0.25) is 4.79 Å². The van der Waals surface area contributed by atoms with Crippen molar-refractivity contribution in [1.29, 1.82) is 0 Å². The van der Waals surface area contributed by atoms with E-state index in [1.165, 1.54) is 11.3 Å². The Balaban J connectivity index is 2.08. The van der Waals surface area contributed by atoms with E-state index in [0.29, 0.717) is 10.8 Å². The minimum atomic E-state index is -0.104.